The van der Waals surface area contributed by atoms with E-state index in [9.17, 15) is 9.90 Å². The minimum atomic E-state index is -0.138. The maximum Gasteiger partial charge on any atom is 0.234 e. The second-order valence-electron chi connectivity index (χ2n) is 7.48. The third kappa shape index (κ3) is 3.63. The maximum absolute atomic E-state index is 12.3. The van der Waals surface area contributed by atoms with Crippen molar-refractivity contribution >= 4 is 5.91 Å². The Balaban J connectivity index is 1.49. The lowest BCUT2D eigenvalue weighted by Crippen LogP contribution is -2.44. The first-order chi connectivity index (χ1) is 10.7. The van der Waals surface area contributed by atoms with Gasteiger partial charge in [-0.25, -0.2) is 0 Å². The molecule has 1 amide bonds. The SMILES string of the molecule is O=C(CN1C[C@@H]2CCOC[C@]2(CO)C1)NC1CCCCCC1. The van der Waals surface area contributed by atoms with Crippen LogP contribution in [0.4, 0.5) is 0 Å². The maximum atomic E-state index is 12.3. The van der Waals surface area contributed by atoms with E-state index in [2.05, 4.69) is 10.2 Å². The summed E-state index contributed by atoms with van der Waals surface area (Å²) in [6.45, 7) is 3.75. The fourth-order valence-corrected chi connectivity index (χ4v) is 4.45. The number of fused-ring (bicyclic) bond motifs is 1. The molecular formula is C17H30N2O3. The van der Waals surface area contributed by atoms with Crippen molar-refractivity contribution in [1.29, 1.82) is 0 Å². The number of nitrogens with zero attached hydrogens (tertiary/aromatic N) is 1. The second kappa shape index (κ2) is 7.28. The lowest BCUT2D eigenvalue weighted by atomic mass is 9.76. The number of ether oxygens (including phenoxy) is 1. The van der Waals surface area contributed by atoms with Crippen LogP contribution in [0.1, 0.15) is 44.9 Å². The molecule has 3 fully saturated rings. The van der Waals surface area contributed by atoms with Crippen LogP contribution in [0, 0.1) is 11.3 Å². The van der Waals surface area contributed by atoms with Gasteiger partial charge in [-0.05, 0) is 25.2 Å². The van der Waals surface area contributed by atoms with Crippen LogP contribution < -0.4 is 5.32 Å². The average molecular weight is 310 g/mol. The van der Waals surface area contributed by atoms with Gasteiger partial charge in [0.2, 0.25) is 5.91 Å². The molecular weight excluding hydrogens is 280 g/mol. The number of aliphatic hydroxyl groups excluding tert-OH is 1. The van der Waals surface area contributed by atoms with E-state index in [1.54, 1.807) is 0 Å². The summed E-state index contributed by atoms with van der Waals surface area (Å²) in [5, 5.41) is 13.0. The van der Waals surface area contributed by atoms with E-state index in [0.717, 1.165) is 39.0 Å². The fourth-order valence-electron chi connectivity index (χ4n) is 4.45. The minimum absolute atomic E-state index is 0.138. The largest absolute Gasteiger partial charge is 0.396 e. The summed E-state index contributed by atoms with van der Waals surface area (Å²) in [4.78, 5) is 14.5. The van der Waals surface area contributed by atoms with Crippen LogP contribution >= 0.6 is 0 Å². The Labute approximate surface area is 133 Å². The molecule has 2 saturated heterocycles. The summed E-state index contributed by atoms with van der Waals surface area (Å²) in [7, 11) is 0. The third-order valence-electron chi connectivity index (χ3n) is 5.79. The van der Waals surface area contributed by atoms with Gasteiger partial charge in [0.05, 0.1) is 19.8 Å². The van der Waals surface area contributed by atoms with Crippen molar-refractivity contribution in [3.8, 4) is 0 Å². The zero-order valence-electron chi connectivity index (χ0n) is 13.6. The van der Waals surface area contributed by atoms with Gasteiger partial charge in [0.1, 0.15) is 0 Å². The quantitative estimate of drug-likeness (QED) is 0.765. The number of aliphatic hydroxyl groups is 1. The molecule has 1 saturated carbocycles. The highest BCUT2D eigenvalue weighted by molar-refractivity contribution is 5.78. The summed E-state index contributed by atoms with van der Waals surface area (Å²) in [5.41, 5.74) is -0.138. The predicted molar refractivity (Wildman–Crippen MR) is 84.5 cm³/mol. The molecule has 2 heterocycles. The molecule has 5 nitrogen and oxygen atoms in total. The lowest BCUT2D eigenvalue weighted by molar-refractivity contribution is -0.123. The van der Waals surface area contributed by atoms with Gasteiger partial charge in [0, 0.05) is 31.2 Å². The summed E-state index contributed by atoms with van der Waals surface area (Å²) in [6, 6.07) is 0.370. The molecule has 0 aromatic heterocycles. The summed E-state index contributed by atoms with van der Waals surface area (Å²) in [5.74, 6) is 0.622. The second-order valence-corrected chi connectivity index (χ2v) is 7.48. The summed E-state index contributed by atoms with van der Waals surface area (Å²) in [6.07, 6.45) is 8.34. The number of carbonyl (C=O) groups excluding carboxylic acids is 1. The fraction of sp³-hybridized carbons (Fsp3) is 0.941. The first-order valence-electron chi connectivity index (χ1n) is 8.92. The van der Waals surface area contributed by atoms with Gasteiger partial charge in [-0.1, -0.05) is 25.7 Å². The van der Waals surface area contributed by atoms with E-state index < -0.39 is 0 Å². The Bertz CT molecular complexity index is 382. The Hall–Kier alpha value is -0.650. The predicted octanol–water partition coefficient (Wildman–Crippen LogP) is 1.16. The Morgan fingerprint density at radius 3 is 2.68 bits per heavy atom. The molecule has 2 N–H and O–H groups in total. The Kier molecular flexibility index (Phi) is 5.37. The van der Waals surface area contributed by atoms with Crippen LogP contribution in [0.3, 0.4) is 0 Å². The minimum Gasteiger partial charge on any atom is -0.396 e. The van der Waals surface area contributed by atoms with Crippen LogP contribution in [-0.2, 0) is 9.53 Å². The molecule has 0 spiro atoms. The topological polar surface area (TPSA) is 61.8 Å². The molecule has 1 aliphatic carbocycles. The highest BCUT2D eigenvalue weighted by Crippen LogP contribution is 2.40. The van der Waals surface area contributed by atoms with Gasteiger partial charge >= 0.3 is 0 Å². The van der Waals surface area contributed by atoms with Gasteiger partial charge in [-0.2, -0.15) is 0 Å². The van der Waals surface area contributed by atoms with E-state index in [-0.39, 0.29) is 17.9 Å². The normalized spacial score (nSPS) is 34.1. The van der Waals surface area contributed by atoms with Crippen molar-refractivity contribution in [2.45, 2.75) is 51.0 Å². The van der Waals surface area contributed by atoms with Gasteiger partial charge in [-0.3, -0.25) is 9.69 Å². The molecule has 0 aromatic rings. The standard InChI is InChI=1S/C17H30N2O3/c20-12-17-11-19(9-14(17)7-8-22-13-17)10-16(21)18-15-5-3-1-2-4-6-15/h14-15,20H,1-13H2,(H,18,21)/t14-,17+/m0/s1. The number of amides is 1. The molecule has 2 aliphatic heterocycles. The molecule has 0 bridgehead atoms. The van der Waals surface area contributed by atoms with Crippen molar-refractivity contribution in [2.75, 3.05) is 39.5 Å². The monoisotopic (exact) mass is 310 g/mol. The molecule has 3 rings (SSSR count). The van der Waals surface area contributed by atoms with Crippen LogP contribution in [0.2, 0.25) is 0 Å². The van der Waals surface area contributed by atoms with Gasteiger partial charge in [0.25, 0.3) is 0 Å². The van der Waals surface area contributed by atoms with E-state index in [0.29, 0.717) is 25.1 Å². The molecule has 0 unspecified atom stereocenters. The van der Waals surface area contributed by atoms with E-state index in [1.165, 1.54) is 25.7 Å². The van der Waals surface area contributed by atoms with Crippen LogP contribution in [0.25, 0.3) is 0 Å². The molecule has 3 aliphatic rings. The number of hydrogen-bond donors (Lipinski definition) is 2. The summed E-state index contributed by atoms with van der Waals surface area (Å²) < 4.78 is 5.58. The number of likely N-dealkylation sites (tertiary alicyclic amines) is 1. The van der Waals surface area contributed by atoms with Crippen molar-refractivity contribution in [2.24, 2.45) is 11.3 Å². The van der Waals surface area contributed by atoms with Gasteiger partial charge in [0.15, 0.2) is 0 Å². The lowest BCUT2D eigenvalue weighted by Gasteiger charge is -2.36. The average Bonchev–Trinajstić information content (AvgIpc) is 2.68. The zero-order valence-corrected chi connectivity index (χ0v) is 13.6. The van der Waals surface area contributed by atoms with E-state index >= 15 is 0 Å². The smallest absolute Gasteiger partial charge is 0.234 e. The number of nitrogens with one attached hydrogen (secondary N) is 1. The number of carbonyl (C=O) groups is 1. The van der Waals surface area contributed by atoms with Crippen molar-refractivity contribution in [3.05, 3.63) is 0 Å². The number of hydrogen-bond acceptors (Lipinski definition) is 4. The zero-order chi connectivity index (χ0) is 15.4. The number of rotatable bonds is 4. The highest BCUT2D eigenvalue weighted by atomic mass is 16.5. The van der Waals surface area contributed by atoms with Crippen LogP contribution in [0.5, 0.6) is 0 Å². The van der Waals surface area contributed by atoms with E-state index in [4.69, 9.17) is 4.74 Å². The Morgan fingerprint density at radius 1 is 1.23 bits per heavy atom. The Morgan fingerprint density at radius 2 is 2.00 bits per heavy atom. The summed E-state index contributed by atoms with van der Waals surface area (Å²) >= 11 is 0. The van der Waals surface area contributed by atoms with E-state index in [1.807, 2.05) is 0 Å². The molecule has 5 heteroatoms. The highest BCUT2D eigenvalue weighted by Gasteiger charge is 2.48. The van der Waals surface area contributed by atoms with Gasteiger partial charge < -0.3 is 15.2 Å². The molecule has 22 heavy (non-hydrogen) atoms. The molecule has 0 radical (unpaired) electrons. The molecule has 0 aromatic carbocycles. The third-order valence-corrected chi connectivity index (χ3v) is 5.79. The molecule has 2 atom stereocenters. The van der Waals surface area contributed by atoms with Crippen LogP contribution in [0.15, 0.2) is 0 Å². The van der Waals surface area contributed by atoms with Crippen molar-refractivity contribution in [1.82, 2.24) is 10.2 Å². The van der Waals surface area contributed by atoms with Crippen LogP contribution in [-0.4, -0.2) is 61.4 Å². The van der Waals surface area contributed by atoms with Gasteiger partial charge in [-0.15, -0.1) is 0 Å². The van der Waals surface area contributed by atoms with Crippen molar-refractivity contribution < 1.29 is 14.6 Å². The van der Waals surface area contributed by atoms with Crippen molar-refractivity contribution in [3.63, 3.8) is 0 Å². The first-order valence-corrected chi connectivity index (χ1v) is 8.92. The first kappa shape index (κ1) is 16.2. The molecule has 126 valence electrons.